The molecule has 2 aromatic heterocycles. The fourth-order valence-corrected chi connectivity index (χ4v) is 2.80. The van der Waals surface area contributed by atoms with Crippen molar-refractivity contribution in [2.45, 2.75) is 13.3 Å². The van der Waals surface area contributed by atoms with E-state index < -0.39 is 0 Å². The van der Waals surface area contributed by atoms with Crippen molar-refractivity contribution in [1.29, 1.82) is 0 Å². The van der Waals surface area contributed by atoms with Crippen molar-refractivity contribution >= 4 is 22.4 Å². The zero-order chi connectivity index (χ0) is 15.5. The van der Waals surface area contributed by atoms with Gasteiger partial charge >= 0.3 is 0 Å². The van der Waals surface area contributed by atoms with Crippen LogP contribution in [-0.2, 0) is 13.5 Å². The van der Waals surface area contributed by atoms with Crippen molar-refractivity contribution in [2.24, 2.45) is 7.05 Å². The van der Waals surface area contributed by atoms with E-state index in [-0.39, 0.29) is 5.91 Å². The standard InChI is InChI=1S/C16H16N4OS/c1-3-11-4-6-12(7-5-11)14-10-22-16(18-14)19-15(21)13-8-17-20(2)9-13/h4-10H,3H2,1-2H3,(H,18,19,21). The van der Waals surface area contributed by atoms with E-state index in [9.17, 15) is 4.79 Å². The molecule has 0 fully saturated rings. The van der Waals surface area contributed by atoms with Crippen molar-refractivity contribution < 1.29 is 4.79 Å². The van der Waals surface area contributed by atoms with Crippen LogP contribution in [0, 0.1) is 0 Å². The number of nitrogens with zero attached hydrogens (tertiary/aromatic N) is 3. The SMILES string of the molecule is CCc1ccc(-c2csc(NC(=O)c3cnn(C)c3)n2)cc1. The molecule has 0 atom stereocenters. The van der Waals surface area contributed by atoms with Crippen LogP contribution in [0.4, 0.5) is 5.13 Å². The normalized spacial score (nSPS) is 10.6. The smallest absolute Gasteiger partial charge is 0.260 e. The second kappa shape index (κ2) is 6.11. The fraction of sp³-hybridized carbons (Fsp3) is 0.188. The third-order valence-corrected chi connectivity index (χ3v) is 4.11. The molecular formula is C16H16N4OS. The molecule has 0 aliphatic rings. The van der Waals surface area contributed by atoms with Gasteiger partial charge in [0, 0.05) is 24.2 Å². The number of rotatable bonds is 4. The van der Waals surface area contributed by atoms with Crippen LogP contribution in [-0.4, -0.2) is 20.7 Å². The van der Waals surface area contributed by atoms with E-state index in [0.717, 1.165) is 17.7 Å². The molecule has 0 aliphatic carbocycles. The first kappa shape index (κ1) is 14.5. The van der Waals surface area contributed by atoms with E-state index in [2.05, 4.69) is 46.6 Å². The number of carbonyl (C=O) groups excluding carboxylic acids is 1. The van der Waals surface area contributed by atoms with Gasteiger partial charge in [0.15, 0.2) is 5.13 Å². The average Bonchev–Trinajstić information content (AvgIpc) is 3.16. The molecule has 0 aliphatic heterocycles. The van der Waals surface area contributed by atoms with Gasteiger partial charge in [-0.15, -0.1) is 11.3 Å². The number of aromatic nitrogens is 3. The molecule has 0 unspecified atom stereocenters. The van der Waals surface area contributed by atoms with Crippen LogP contribution in [0.1, 0.15) is 22.8 Å². The molecule has 5 nitrogen and oxygen atoms in total. The number of hydrogen-bond acceptors (Lipinski definition) is 4. The minimum atomic E-state index is -0.199. The average molecular weight is 312 g/mol. The number of anilines is 1. The molecule has 6 heteroatoms. The van der Waals surface area contributed by atoms with Crippen molar-refractivity contribution in [3.63, 3.8) is 0 Å². The Morgan fingerprint density at radius 3 is 2.73 bits per heavy atom. The Morgan fingerprint density at radius 1 is 1.32 bits per heavy atom. The zero-order valence-electron chi connectivity index (χ0n) is 12.4. The first-order valence-corrected chi connectivity index (χ1v) is 7.88. The lowest BCUT2D eigenvalue weighted by atomic mass is 10.1. The highest BCUT2D eigenvalue weighted by Crippen LogP contribution is 2.25. The minimum Gasteiger partial charge on any atom is -0.298 e. The Morgan fingerprint density at radius 2 is 2.09 bits per heavy atom. The van der Waals surface area contributed by atoms with Gasteiger partial charge < -0.3 is 0 Å². The first-order chi connectivity index (χ1) is 10.7. The Balaban J connectivity index is 1.74. The number of carbonyl (C=O) groups is 1. The summed E-state index contributed by atoms with van der Waals surface area (Å²) in [5.41, 5.74) is 3.74. The molecule has 0 saturated carbocycles. The second-order valence-corrected chi connectivity index (χ2v) is 5.80. The monoisotopic (exact) mass is 312 g/mol. The van der Waals surface area contributed by atoms with Crippen LogP contribution >= 0.6 is 11.3 Å². The van der Waals surface area contributed by atoms with E-state index in [4.69, 9.17) is 0 Å². The highest BCUT2D eigenvalue weighted by atomic mass is 32.1. The van der Waals surface area contributed by atoms with Gasteiger partial charge in [-0.05, 0) is 12.0 Å². The van der Waals surface area contributed by atoms with E-state index in [1.807, 2.05) is 5.38 Å². The largest absolute Gasteiger partial charge is 0.298 e. The lowest BCUT2D eigenvalue weighted by Gasteiger charge is -2.00. The van der Waals surface area contributed by atoms with Crippen molar-refractivity contribution in [1.82, 2.24) is 14.8 Å². The molecular weight excluding hydrogens is 296 g/mol. The van der Waals surface area contributed by atoms with Gasteiger partial charge in [-0.2, -0.15) is 5.10 Å². The summed E-state index contributed by atoms with van der Waals surface area (Å²) in [6.45, 7) is 2.13. The van der Waals surface area contributed by atoms with Crippen LogP contribution in [0.15, 0.2) is 42.0 Å². The molecule has 22 heavy (non-hydrogen) atoms. The van der Waals surface area contributed by atoms with Gasteiger partial charge in [0.1, 0.15) is 0 Å². The summed E-state index contributed by atoms with van der Waals surface area (Å²) >= 11 is 1.41. The molecule has 1 aromatic carbocycles. The molecule has 3 rings (SSSR count). The van der Waals surface area contributed by atoms with E-state index in [1.165, 1.54) is 23.1 Å². The Hall–Kier alpha value is -2.47. The summed E-state index contributed by atoms with van der Waals surface area (Å²) in [6, 6.07) is 8.31. The summed E-state index contributed by atoms with van der Waals surface area (Å²) in [7, 11) is 1.78. The Bertz CT molecular complexity index is 789. The maximum absolute atomic E-state index is 12.1. The molecule has 3 aromatic rings. The maximum atomic E-state index is 12.1. The number of hydrogen-bond donors (Lipinski definition) is 1. The van der Waals surface area contributed by atoms with Crippen LogP contribution in [0.25, 0.3) is 11.3 Å². The third kappa shape index (κ3) is 3.07. The summed E-state index contributed by atoms with van der Waals surface area (Å²) in [6.07, 6.45) is 4.23. The van der Waals surface area contributed by atoms with Crippen LogP contribution < -0.4 is 5.32 Å². The lowest BCUT2D eigenvalue weighted by molar-refractivity contribution is 0.102. The van der Waals surface area contributed by atoms with Gasteiger partial charge in [-0.1, -0.05) is 31.2 Å². The Labute approximate surface area is 132 Å². The van der Waals surface area contributed by atoms with Gasteiger partial charge in [-0.3, -0.25) is 14.8 Å². The Kier molecular flexibility index (Phi) is 4.02. The number of benzene rings is 1. The number of thiazole rings is 1. The third-order valence-electron chi connectivity index (χ3n) is 3.35. The topological polar surface area (TPSA) is 59.8 Å². The second-order valence-electron chi connectivity index (χ2n) is 4.95. The first-order valence-electron chi connectivity index (χ1n) is 7.00. The van der Waals surface area contributed by atoms with Crippen LogP contribution in [0.5, 0.6) is 0 Å². The molecule has 0 radical (unpaired) electrons. The van der Waals surface area contributed by atoms with Gasteiger partial charge in [0.2, 0.25) is 0 Å². The van der Waals surface area contributed by atoms with E-state index in [1.54, 1.807) is 17.9 Å². The molecule has 2 heterocycles. The predicted molar refractivity (Wildman–Crippen MR) is 88.1 cm³/mol. The lowest BCUT2D eigenvalue weighted by Crippen LogP contribution is -2.10. The fourth-order valence-electron chi connectivity index (χ4n) is 2.08. The minimum absolute atomic E-state index is 0.199. The molecule has 112 valence electrons. The van der Waals surface area contributed by atoms with Crippen molar-refractivity contribution in [3.05, 3.63) is 53.2 Å². The summed E-state index contributed by atoms with van der Waals surface area (Å²) in [4.78, 5) is 16.5. The molecule has 1 N–H and O–H groups in total. The van der Waals surface area contributed by atoms with Crippen LogP contribution in [0.3, 0.4) is 0 Å². The summed E-state index contributed by atoms with van der Waals surface area (Å²) < 4.78 is 1.59. The summed E-state index contributed by atoms with van der Waals surface area (Å²) in [5, 5.41) is 9.32. The van der Waals surface area contributed by atoms with Crippen molar-refractivity contribution in [2.75, 3.05) is 5.32 Å². The van der Waals surface area contributed by atoms with Gasteiger partial charge in [0.25, 0.3) is 5.91 Å². The van der Waals surface area contributed by atoms with Crippen LogP contribution in [0.2, 0.25) is 0 Å². The number of amides is 1. The molecule has 0 saturated heterocycles. The molecule has 0 spiro atoms. The number of nitrogens with one attached hydrogen (secondary N) is 1. The van der Waals surface area contributed by atoms with Gasteiger partial charge in [-0.25, -0.2) is 4.98 Å². The zero-order valence-corrected chi connectivity index (χ0v) is 13.2. The highest BCUT2D eigenvalue weighted by Gasteiger charge is 2.11. The van der Waals surface area contributed by atoms with Crippen molar-refractivity contribution in [3.8, 4) is 11.3 Å². The predicted octanol–water partition coefficient (Wildman–Crippen LogP) is 3.36. The van der Waals surface area contributed by atoms with Gasteiger partial charge in [0.05, 0.1) is 17.5 Å². The van der Waals surface area contributed by atoms with E-state index in [0.29, 0.717) is 10.7 Å². The summed E-state index contributed by atoms with van der Waals surface area (Å²) in [5.74, 6) is -0.199. The number of aryl methyl sites for hydroxylation is 2. The molecule has 1 amide bonds. The van der Waals surface area contributed by atoms with E-state index >= 15 is 0 Å². The highest BCUT2D eigenvalue weighted by molar-refractivity contribution is 7.14. The molecule has 0 bridgehead atoms. The maximum Gasteiger partial charge on any atom is 0.260 e. The quantitative estimate of drug-likeness (QED) is 0.803.